The molecule has 13 heteroatoms. The molecule has 0 spiro atoms. The summed E-state index contributed by atoms with van der Waals surface area (Å²) in [6.45, 7) is 17.0. The highest BCUT2D eigenvalue weighted by Gasteiger charge is 2.43. The molecule has 0 aliphatic carbocycles. The van der Waals surface area contributed by atoms with E-state index in [2.05, 4.69) is 5.32 Å². The number of carbonyl (C=O) groups excluding carboxylic acids is 4. The lowest BCUT2D eigenvalue weighted by Crippen LogP contribution is -2.62. The number of hydrogen-bond donors (Lipinski definition) is 5. The van der Waals surface area contributed by atoms with Crippen molar-refractivity contribution >= 4 is 24.0 Å². The largest absolute Gasteiger partial charge is 0.444 e. The maximum Gasteiger partial charge on any atom is 0.411 e. The third kappa shape index (κ3) is 14.3. The van der Waals surface area contributed by atoms with Gasteiger partial charge in [0.05, 0.1) is 24.3 Å². The van der Waals surface area contributed by atoms with E-state index in [1.54, 1.807) is 69.2 Å². The lowest BCUT2D eigenvalue weighted by atomic mass is 9.93. The molecule has 0 aromatic heterocycles. The van der Waals surface area contributed by atoms with Crippen molar-refractivity contribution in [2.75, 3.05) is 13.1 Å². The van der Waals surface area contributed by atoms with E-state index in [1.807, 2.05) is 60.7 Å². The van der Waals surface area contributed by atoms with Crippen molar-refractivity contribution in [2.24, 2.45) is 23.3 Å². The summed E-state index contributed by atoms with van der Waals surface area (Å²) in [7, 11) is 0. The summed E-state index contributed by atoms with van der Waals surface area (Å²) in [6, 6.07) is 14.2. The van der Waals surface area contributed by atoms with E-state index in [0.29, 0.717) is 0 Å². The predicted molar refractivity (Wildman–Crippen MR) is 205 cm³/mol. The van der Waals surface area contributed by atoms with Gasteiger partial charge in [-0.05, 0) is 77.3 Å². The number of ether oxygens (including phenoxy) is 2. The van der Waals surface area contributed by atoms with E-state index >= 15 is 0 Å². The van der Waals surface area contributed by atoms with Crippen LogP contribution in [0.2, 0.25) is 0 Å². The number of benzene rings is 2. The summed E-state index contributed by atoms with van der Waals surface area (Å²) >= 11 is 0. The Hall–Kier alpha value is -4.20. The fourth-order valence-electron chi connectivity index (χ4n) is 6.32. The summed E-state index contributed by atoms with van der Waals surface area (Å²) in [5.41, 5.74) is 11.5. The number of carbonyl (C=O) groups is 4. The maximum atomic E-state index is 13.8. The van der Waals surface area contributed by atoms with E-state index in [9.17, 15) is 29.4 Å². The van der Waals surface area contributed by atoms with Gasteiger partial charge in [-0.3, -0.25) is 19.4 Å². The molecule has 13 nitrogen and oxygen atoms in total. The molecule has 0 saturated heterocycles. The van der Waals surface area contributed by atoms with Crippen LogP contribution < -0.4 is 16.8 Å². The molecule has 0 bridgehead atoms. The Balaban J connectivity index is 2.55. The summed E-state index contributed by atoms with van der Waals surface area (Å²) in [4.78, 5) is 55.9. The summed E-state index contributed by atoms with van der Waals surface area (Å²) < 4.78 is 11.5. The highest BCUT2D eigenvalue weighted by atomic mass is 16.6. The molecule has 2 rings (SSSR count). The van der Waals surface area contributed by atoms with Crippen molar-refractivity contribution in [1.29, 1.82) is 0 Å². The minimum absolute atomic E-state index is 0.147. The second kappa shape index (κ2) is 19.8. The van der Waals surface area contributed by atoms with Gasteiger partial charge in [0.25, 0.3) is 0 Å². The molecule has 2 aromatic carbocycles. The number of rotatable bonds is 18. The third-order valence-corrected chi connectivity index (χ3v) is 8.54. The first-order valence-corrected chi connectivity index (χ1v) is 18.3. The maximum absolute atomic E-state index is 13.8. The quantitative estimate of drug-likeness (QED) is 0.150. The van der Waals surface area contributed by atoms with Gasteiger partial charge in [0.1, 0.15) is 23.3 Å². The van der Waals surface area contributed by atoms with Crippen LogP contribution in [0.15, 0.2) is 60.7 Å². The molecule has 296 valence electrons. The molecule has 6 atom stereocenters. The Morgan fingerprint density at radius 2 is 0.925 bits per heavy atom. The number of aliphatic hydroxyl groups excluding tert-OH is 2. The van der Waals surface area contributed by atoms with Crippen LogP contribution in [-0.2, 0) is 31.9 Å². The van der Waals surface area contributed by atoms with Crippen molar-refractivity contribution < 1.29 is 38.9 Å². The lowest BCUT2D eigenvalue weighted by molar-refractivity contribution is -0.127. The minimum Gasteiger partial charge on any atom is -0.444 e. The molecular formula is C40H63N5O8. The second-order valence-electron chi connectivity index (χ2n) is 16.3. The monoisotopic (exact) mass is 741 g/mol. The van der Waals surface area contributed by atoms with Crippen LogP contribution in [0.3, 0.4) is 0 Å². The van der Waals surface area contributed by atoms with Crippen molar-refractivity contribution in [1.82, 2.24) is 15.1 Å². The van der Waals surface area contributed by atoms with Crippen LogP contribution in [-0.4, -0.2) is 105 Å². The van der Waals surface area contributed by atoms with Crippen LogP contribution in [0, 0.1) is 11.8 Å². The number of nitrogens with zero attached hydrogens (tertiary/aromatic N) is 2. The van der Waals surface area contributed by atoms with Gasteiger partial charge in [0, 0.05) is 13.1 Å². The molecule has 0 saturated carbocycles. The molecule has 0 radical (unpaired) electrons. The number of aliphatic hydroxyl groups is 2. The lowest BCUT2D eigenvalue weighted by Gasteiger charge is -2.42. The van der Waals surface area contributed by atoms with Crippen molar-refractivity contribution in [3.63, 3.8) is 0 Å². The van der Waals surface area contributed by atoms with Crippen LogP contribution in [0.4, 0.5) is 9.59 Å². The molecular weight excluding hydrogens is 678 g/mol. The summed E-state index contributed by atoms with van der Waals surface area (Å²) in [5, 5.41) is 26.8. The zero-order chi connectivity index (χ0) is 40.3. The first kappa shape index (κ1) is 45.0. The molecule has 2 aromatic rings. The van der Waals surface area contributed by atoms with Crippen LogP contribution >= 0.6 is 0 Å². The van der Waals surface area contributed by atoms with Gasteiger partial charge in [-0.25, -0.2) is 9.59 Å². The SMILES string of the molecule is CC(C)[C@@H](C(N)=O)N(C(=O)OC(C)(C)C)C(Cc1ccccc1)C(O)CNC[C@H](O)C(Cc1ccccc1)N(C(=O)OC(C)(C)C)[C@H](C(N)=O)C(C)C. The van der Waals surface area contributed by atoms with E-state index < -0.39 is 83.4 Å². The summed E-state index contributed by atoms with van der Waals surface area (Å²) in [5.74, 6) is -2.34. The van der Waals surface area contributed by atoms with E-state index in [1.165, 1.54) is 9.80 Å². The number of hydrogen-bond acceptors (Lipinski definition) is 9. The molecule has 0 aliphatic heterocycles. The molecule has 0 heterocycles. The van der Waals surface area contributed by atoms with Gasteiger partial charge in [-0.2, -0.15) is 0 Å². The Morgan fingerprint density at radius 3 is 1.17 bits per heavy atom. The zero-order valence-electron chi connectivity index (χ0n) is 33.1. The Labute approximate surface area is 315 Å². The third-order valence-electron chi connectivity index (χ3n) is 8.54. The van der Waals surface area contributed by atoms with Crippen LogP contribution in [0.25, 0.3) is 0 Å². The van der Waals surface area contributed by atoms with Gasteiger partial charge in [0.2, 0.25) is 11.8 Å². The van der Waals surface area contributed by atoms with Crippen molar-refractivity contribution in [2.45, 2.75) is 130 Å². The van der Waals surface area contributed by atoms with E-state index in [4.69, 9.17) is 20.9 Å². The Bertz CT molecular complexity index is 1350. The number of primary amides is 2. The highest BCUT2D eigenvalue weighted by Crippen LogP contribution is 2.26. The number of nitrogens with one attached hydrogen (secondary N) is 1. The van der Waals surface area contributed by atoms with Crippen LogP contribution in [0.1, 0.15) is 80.4 Å². The smallest absolute Gasteiger partial charge is 0.411 e. The van der Waals surface area contributed by atoms with Crippen molar-refractivity contribution in [3.8, 4) is 0 Å². The van der Waals surface area contributed by atoms with Gasteiger partial charge in [-0.1, -0.05) is 88.4 Å². The average molecular weight is 742 g/mol. The molecule has 7 N–H and O–H groups in total. The standard InChI is InChI=1S/C40H63N5O8/c1-25(2)33(35(41)48)44(37(50)52-39(5,6)7)29(21-27-17-13-11-14-18-27)31(46)23-43-24-32(47)30(22-28-19-15-12-16-20-28)45(34(26(3)4)36(42)49)38(51)53-40(8,9)10/h11-20,25-26,29-34,43,46-47H,21-24H2,1-10H3,(H2,41,48)(H2,42,49)/t29?,30?,31-,32?,33-,34-/m0/s1. The summed E-state index contributed by atoms with van der Waals surface area (Å²) in [6.07, 6.45) is -3.90. The fraction of sp³-hybridized carbons (Fsp3) is 0.600. The van der Waals surface area contributed by atoms with Gasteiger partial charge >= 0.3 is 12.2 Å². The normalized spacial score (nSPS) is 15.5. The first-order chi connectivity index (χ1) is 24.5. The first-order valence-electron chi connectivity index (χ1n) is 18.3. The molecule has 53 heavy (non-hydrogen) atoms. The van der Waals surface area contributed by atoms with Crippen molar-refractivity contribution in [3.05, 3.63) is 71.8 Å². The Morgan fingerprint density at radius 1 is 0.623 bits per heavy atom. The van der Waals surface area contributed by atoms with Gasteiger partial charge < -0.3 is 36.5 Å². The topological polar surface area (TPSA) is 198 Å². The minimum atomic E-state index is -1.29. The van der Waals surface area contributed by atoms with Gasteiger partial charge in [0.15, 0.2) is 0 Å². The van der Waals surface area contributed by atoms with E-state index in [-0.39, 0.29) is 25.9 Å². The number of nitrogens with two attached hydrogens (primary N) is 2. The number of amides is 4. The molecule has 4 amide bonds. The molecule has 3 unspecified atom stereocenters. The fourth-order valence-corrected chi connectivity index (χ4v) is 6.32. The predicted octanol–water partition coefficient (Wildman–Crippen LogP) is 4.01. The second-order valence-corrected chi connectivity index (χ2v) is 16.3. The molecule has 0 aliphatic rings. The molecule has 0 fully saturated rings. The zero-order valence-corrected chi connectivity index (χ0v) is 33.1. The van der Waals surface area contributed by atoms with E-state index in [0.717, 1.165) is 11.1 Å². The highest BCUT2D eigenvalue weighted by molar-refractivity contribution is 5.85. The van der Waals surface area contributed by atoms with Crippen LogP contribution in [0.5, 0.6) is 0 Å². The Kier molecular flexibility index (Phi) is 16.8. The average Bonchev–Trinajstić information content (AvgIpc) is 3.02. The van der Waals surface area contributed by atoms with Gasteiger partial charge in [-0.15, -0.1) is 0 Å².